The first kappa shape index (κ1) is 14.9. The predicted molar refractivity (Wildman–Crippen MR) is 84.2 cm³/mol. The van der Waals surface area contributed by atoms with Crippen molar-refractivity contribution in [2.75, 3.05) is 12.4 Å². The van der Waals surface area contributed by atoms with Crippen molar-refractivity contribution in [3.63, 3.8) is 0 Å². The van der Waals surface area contributed by atoms with Crippen molar-refractivity contribution in [2.24, 2.45) is 11.3 Å². The lowest BCUT2D eigenvalue weighted by Crippen LogP contribution is -2.24. The molecule has 0 spiro atoms. The molecule has 1 aliphatic rings. The molecule has 2 unspecified atom stereocenters. The Morgan fingerprint density at radius 1 is 1.30 bits per heavy atom. The Kier molecular flexibility index (Phi) is 4.07. The summed E-state index contributed by atoms with van der Waals surface area (Å²) in [4.78, 5) is 11.7. The van der Waals surface area contributed by atoms with Gasteiger partial charge in [-0.2, -0.15) is 0 Å². The SMILES string of the molecule is CNC(=O)c1ccc(C)c(NC2CC(C)(C)CC2C)c1. The summed E-state index contributed by atoms with van der Waals surface area (Å²) < 4.78 is 0. The Morgan fingerprint density at radius 3 is 2.55 bits per heavy atom. The van der Waals surface area contributed by atoms with Crippen LogP contribution in [0.3, 0.4) is 0 Å². The quantitative estimate of drug-likeness (QED) is 0.884. The van der Waals surface area contributed by atoms with Crippen LogP contribution in [0.2, 0.25) is 0 Å². The van der Waals surface area contributed by atoms with E-state index in [1.165, 1.54) is 18.4 Å². The Morgan fingerprint density at radius 2 is 2.00 bits per heavy atom. The van der Waals surface area contributed by atoms with Gasteiger partial charge in [0, 0.05) is 24.3 Å². The zero-order valence-corrected chi connectivity index (χ0v) is 13.2. The minimum Gasteiger partial charge on any atom is -0.382 e. The second-order valence-electron chi connectivity index (χ2n) is 6.91. The molecule has 2 N–H and O–H groups in total. The summed E-state index contributed by atoms with van der Waals surface area (Å²) in [5, 5.41) is 6.33. The summed E-state index contributed by atoms with van der Waals surface area (Å²) in [5.41, 5.74) is 3.39. The first-order chi connectivity index (χ1) is 9.32. The summed E-state index contributed by atoms with van der Waals surface area (Å²) in [5.74, 6) is 0.626. The number of hydrogen-bond donors (Lipinski definition) is 2. The number of amides is 1. The van der Waals surface area contributed by atoms with Crippen LogP contribution in [-0.4, -0.2) is 19.0 Å². The van der Waals surface area contributed by atoms with Crippen molar-refractivity contribution in [3.8, 4) is 0 Å². The molecule has 2 atom stereocenters. The van der Waals surface area contributed by atoms with E-state index in [2.05, 4.69) is 38.3 Å². The molecule has 110 valence electrons. The highest BCUT2D eigenvalue weighted by Gasteiger charge is 2.36. The van der Waals surface area contributed by atoms with E-state index in [4.69, 9.17) is 0 Å². The van der Waals surface area contributed by atoms with Gasteiger partial charge in [-0.25, -0.2) is 0 Å². The van der Waals surface area contributed by atoms with Gasteiger partial charge < -0.3 is 10.6 Å². The number of rotatable bonds is 3. The van der Waals surface area contributed by atoms with E-state index in [1.54, 1.807) is 7.05 Å². The van der Waals surface area contributed by atoms with Crippen molar-refractivity contribution in [3.05, 3.63) is 29.3 Å². The average molecular weight is 274 g/mol. The Labute approximate surface area is 122 Å². The number of carbonyl (C=O) groups is 1. The fourth-order valence-electron chi connectivity index (χ4n) is 3.35. The molecule has 1 aromatic carbocycles. The number of anilines is 1. The van der Waals surface area contributed by atoms with Crippen molar-refractivity contribution in [1.29, 1.82) is 0 Å². The van der Waals surface area contributed by atoms with Crippen LogP contribution < -0.4 is 10.6 Å². The van der Waals surface area contributed by atoms with Crippen LogP contribution in [0, 0.1) is 18.3 Å². The molecule has 0 heterocycles. The molecule has 2 rings (SSSR count). The molecule has 0 radical (unpaired) electrons. The van der Waals surface area contributed by atoms with E-state index in [-0.39, 0.29) is 5.91 Å². The fourth-order valence-corrected chi connectivity index (χ4v) is 3.35. The molecule has 0 bridgehead atoms. The highest BCUT2D eigenvalue weighted by molar-refractivity contribution is 5.95. The zero-order valence-electron chi connectivity index (χ0n) is 13.2. The number of carbonyl (C=O) groups excluding carboxylic acids is 1. The third-order valence-electron chi connectivity index (χ3n) is 4.40. The lowest BCUT2D eigenvalue weighted by Gasteiger charge is -2.21. The number of hydrogen-bond acceptors (Lipinski definition) is 2. The molecule has 20 heavy (non-hydrogen) atoms. The maximum absolute atomic E-state index is 11.7. The third-order valence-corrected chi connectivity index (χ3v) is 4.40. The molecule has 3 nitrogen and oxygen atoms in total. The summed E-state index contributed by atoms with van der Waals surface area (Å²) in [6.07, 6.45) is 2.43. The summed E-state index contributed by atoms with van der Waals surface area (Å²) in [7, 11) is 1.66. The highest BCUT2D eigenvalue weighted by Crippen LogP contribution is 2.42. The Bertz CT molecular complexity index is 508. The standard InChI is InChI=1S/C17H26N2O/c1-11-6-7-13(16(20)18-5)8-14(11)19-15-10-17(3,4)9-12(15)2/h6-8,12,15,19H,9-10H2,1-5H3,(H,18,20). The summed E-state index contributed by atoms with van der Waals surface area (Å²) in [6, 6.07) is 6.34. The van der Waals surface area contributed by atoms with E-state index in [0.29, 0.717) is 22.9 Å². The van der Waals surface area contributed by atoms with Crippen molar-refractivity contribution >= 4 is 11.6 Å². The van der Waals surface area contributed by atoms with Gasteiger partial charge in [-0.1, -0.05) is 26.8 Å². The normalized spacial score (nSPS) is 24.4. The molecule has 0 aromatic heterocycles. The topological polar surface area (TPSA) is 41.1 Å². The van der Waals surface area contributed by atoms with E-state index in [0.717, 1.165) is 5.69 Å². The predicted octanol–water partition coefficient (Wildman–Crippen LogP) is 3.59. The van der Waals surface area contributed by atoms with Gasteiger partial charge in [0.1, 0.15) is 0 Å². The molecule has 0 saturated heterocycles. The van der Waals surface area contributed by atoms with E-state index >= 15 is 0 Å². The highest BCUT2D eigenvalue weighted by atomic mass is 16.1. The molecule has 1 aliphatic carbocycles. The van der Waals surface area contributed by atoms with Gasteiger partial charge in [0.15, 0.2) is 0 Å². The lowest BCUT2D eigenvalue weighted by atomic mass is 9.91. The monoisotopic (exact) mass is 274 g/mol. The first-order valence-corrected chi connectivity index (χ1v) is 7.42. The number of nitrogens with one attached hydrogen (secondary N) is 2. The number of aryl methyl sites for hydroxylation is 1. The van der Waals surface area contributed by atoms with Crippen molar-refractivity contribution in [1.82, 2.24) is 5.32 Å². The molecule has 0 aliphatic heterocycles. The fraction of sp³-hybridized carbons (Fsp3) is 0.588. The van der Waals surface area contributed by atoms with Crippen LogP contribution in [0.15, 0.2) is 18.2 Å². The van der Waals surface area contributed by atoms with E-state index < -0.39 is 0 Å². The Hall–Kier alpha value is -1.51. The van der Waals surface area contributed by atoms with Gasteiger partial charge in [0.2, 0.25) is 0 Å². The first-order valence-electron chi connectivity index (χ1n) is 7.42. The molecule has 3 heteroatoms. The maximum Gasteiger partial charge on any atom is 0.251 e. The van der Waals surface area contributed by atoms with Crippen molar-refractivity contribution < 1.29 is 4.79 Å². The number of benzene rings is 1. The second-order valence-corrected chi connectivity index (χ2v) is 6.91. The minimum absolute atomic E-state index is 0.0344. The molecule has 1 saturated carbocycles. The van der Waals surface area contributed by atoms with Gasteiger partial charge in [0.25, 0.3) is 5.91 Å². The smallest absolute Gasteiger partial charge is 0.251 e. The molecular weight excluding hydrogens is 248 g/mol. The molecule has 1 fully saturated rings. The van der Waals surface area contributed by atoms with Gasteiger partial charge in [0.05, 0.1) is 0 Å². The van der Waals surface area contributed by atoms with Crippen LogP contribution in [0.1, 0.15) is 49.5 Å². The maximum atomic E-state index is 11.7. The zero-order chi connectivity index (χ0) is 14.9. The molecule has 1 aromatic rings. The largest absolute Gasteiger partial charge is 0.382 e. The van der Waals surface area contributed by atoms with Crippen molar-refractivity contribution in [2.45, 2.75) is 46.6 Å². The summed E-state index contributed by atoms with van der Waals surface area (Å²) >= 11 is 0. The summed E-state index contributed by atoms with van der Waals surface area (Å²) in [6.45, 7) is 9.06. The van der Waals surface area contributed by atoms with Gasteiger partial charge in [-0.15, -0.1) is 0 Å². The van der Waals surface area contributed by atoms with E-state index in [1.807, 2.05) is 18.2 Å². The van der Waals surface area contributed by atoms with Crippen LogP contribution in [0.5, 0.6) is 0 Å². The third kappa shape index (κ3) is 3.14. The van der Waals surface area contributed by atoms with E-state index in [9.17, 15) is 4.79 Å². The van der Waals surface area contributed by atoms with Gasteiger partial charge >= 0.3 is 0 Å². The van der Waals surface area contributed by atoms with Crippen LogP contribution >= 0.6 is 0 Å². The minimum atomic E-state index is -0.0344. The molecular formula is C17H26N2O. The average Bonchev–Trinajstić information content (AvgIpc) is 2.64. The second kappa shape index (κ2) is 5.47. The lowest BCUT2D eigenvalue weighted by molar-refractivity contribution is 0.0963. The van der Waals surface area contributed by atoms with Crippen LogP contribution in [0.25, 0.3) is 0 Å². The van der Waals surface area contributed by atoms with Gasteiger partial charge in [-0.05, 0) is 48.8 Å². The Balaban J connectivity index is 2.19. The molecule has 1 amide bonds. The van der Waals surface area contributed by atoms with Crippen LogP contribution in [0.4, 0.5) is 5.69 Å². The van der Waals surface area contributed by atoms with Crippen LogP contribution in [-0.2, 0) is 0 Å². The van der Waals surface area contributed by atoms with Gasteiger partial charge in [-0.3, -0.25) is 4.79 Å².